The van der Waals surface area contributed by atoms with Crippen molar-refractivity contribution in [3.63, 3.8) is 0 Å². The molecule has 0 amide bonds. The van der Waals surface area contributed by atoms with Gasteiger partial charge in [0.2, 0.25) is 0 Å². The first-order valence-corrected chi connectivity index (χ1v) is 2.82. The Hall–Kier alpha value is -1.19. The number of hydrogen-bond acceptors (Lipinski definition) is 3. The predicted octanol–water partition coefficient (Wildman–Crippen LogP) is 0.0674. The van der Waals surface area contributed by atoms with Gasteiger partial charge >= 0.3 is 0 Å². The number of nitrogen functional groups attached to an aromatic ring is 2. The molecule has 4 N–H and O–H groups in total. The fourth-order valence-corrected chi connectivity index (χ4v) is 0.614. The molecule has 1 aromatic heterocycles. The zero-order valence-corrected chi connectivity index (χ0v) is 5.33. The van der Waals surface area contributed by atoms with Crippen LogP contribution in [0.3, 0.4) is 0 Å². The molecule has 0 aliphatic rings. The average molecular weight is 126 g/mol. The van der Waals surface area contributed by atoms with E-state index in [2.05, 4.69) is 5.10 Å². The lowest BCUT2D eigenvalue weighted by Gasteiger charge is -1.88. The first-order chi connectivity index (χ1) is 4.24. The fourth-order valence-electron chi connectivity index (χ4n) is 0.614. The van der Waals surface area contributed by atoms with Crippen LogP contribution in [0.2, 0.25) is 0 Å². The van der Waals surface area contributed by atoms with Gasteiger partial charge in [-0.3, -0.25) is 4.68 Å². The maximum atomic E-state index is 5.41. The molecule has 0 unspecified atom stereocenters. The number of rotatable bonds is 1. The SMILES string of the molecule is CCn1cc(N)c(N)n1. The van der Waals surface area contributed by atoms with Gasteiger partial charge in [0.1, 0.15) is 0 Å². The summed E-state index contributed by atoms with van der Waals surface area (Å²) >= 11 is 0. The van der Waals surface area contributed by atoms with Crippen LogP contribution in [0, 0.1) is 0 Å². The molecule has 0 aliphatic heterocycles. The molecule has 4 heteroatoms. The molecule has 9 heavy (non-hydrogen) atoms. The Morgan fingerprint density at radius 2 is 2.33 bits per heavy atom. The highest BCUT2D eigenvalue weighted by atomic mass is 15.3. The minimum absolute atomic E-state index is 0.414. The number of aromatic nitrogens is 2. The van der Waals surface area contributed by atoms with Crippen LogP contribution in [0.15, 0.2) is 6.20 Å². The first kappa shape index (κ1) is 5.94. The summed E-state index contributed by atoms with van der Waals surface area (Å²) < 4.78 is 1.70. The third kappa shape index (κ3) is 0.960. The van der Waals surface area contributed by atoms with Gasteiger partial charge in [0.15, 0.2) is 5.82 Å². The van der Waals surface area contributed by atoms with Crippen molar-refractivity contribution in [3.05, 3.63) is 6.20 Å². The number of aryl methyl sites for hydroxylation is 1. The summed E-state index contributed by atoms with van der Waals surface area (Å²) in [4.78, 5) is 0. The Kier molecular flexibility index (Phi) is 1.30. The van der Waals surface area contributed by atoms with Gasteiger partial charge in [-0.2, -0.15) is 5.10 Å². The highest BCUT2D eigenvalue weighted by Gasteiger charge is 1.97. The van der Waals surface area contributed by atoms with Crippen molar-refractivity contribution in [2.24, 2.45) is 0 Å². The fraction of sp³-hybridized carbons (Fsp3) is 0.400. The Morgan fingerprint density at radius 3 is 2.56 bits per heavy atom. The lowest BCUT2D eigenvalue weighted by Crippen LogP contribution is -1.95. The molecule has 0 radical (unpaired) electrons. The number of anilines is 2. The van der Waals surface area contributed by atoms with Crippen molar-refractivity contribution >= 4 is 11.5 Å². The van der Waals surface area contributed by atoms with Gasteiger partial charge in [-0.15, -0.1) is 0 Å². The largest absolute Gasteiger partial charge is 0.394 e. The molecule has 0 saturated carbocycles. The summed E-state index contributed by atoms with van der Waals surface area (Å²) in [6, 6.07) is 0. The van der Waals surface area contributed by atoms with Gasteiger partial charge < -0.3 is 11.5 Å². The third-order valence-corrected chi connectivity index (χ3v) is 1.14. The van der Waals surface area contributed by atoms with Gasteiger partial charge in [-0.05, 0) is 6.92 Å². The second-order valence-electron chi connectivity index (χ2n) is 1.83. The molecule has 4 nitrogen and oxygen atoms in total. The number of hydrogen-bond donors (Lipinski definition) is 2. The molecule has 0 bridgehead atoms. The third-order valence-electron chi connectivity index (χ3n) is 1.14. The predicted molar refractivity (Wildman–Crippen MR) is 36.7 cm³/mol. The minimum atomic E-state index is 0.414. The lowest BCUT2D eigenvalue weighted by molar-refractivity contribution is 0.663. The molecular weight excluding hydrogens is 116 g/mol. The quantitative estimate of drug-likeness (QED) is 0.559. The molecule has 1 aromatic rings. The van der Waals surface area contributed by atoms with Crippen LogP contribution in [0.4, 0.5) is 11.5 Å². The van der Waals surface area contributed by atoms with E-state index in [0.29, 0.717) is 11.5 Å². The van der Waals surface area contributed by atoms with Gasteiger partial charge in [0.05, 0.1) is 11.9 Å². The number of nitrogens with zero attached hydrogens (tertiary/aromatic N) is 2. The van der Waals surface area contributed by atoms with Crippen LogP contribution in [0.25, 0.3) is 0 Å². The molecule has 0 aromatic carbocycles. The van der Waals surface area contributed by atoms with Crippen molar-refractivity contribution in [2.75, 3.05) is 11.5 Å². The Morgan fingerprint density at radius 1 is 1.67 bits per heavy atom. The lowest BCUT2D eigenvalue weighted by atomic mass is 10.5. The maximum absolute atomic E-state index is 5.41. The smallest absolute Gasteiger partial charge is 0.168 e. The van der Waals surface area contributed by atoms with Gasteiger partial charge in [-0.1, -0.05) is 0 Å². The van der Waals surface area contributed by atoms with E-state index in [1.54, 1.807) is 10.9 Å². The van der Waals surface area contributed by atoms with Crippen LogP contribution >= 0.6 is 0 Å². The molecule has 1 heterocycles. The van der Waals surface area contributed by atoms with E-state index in [4.69, 9.17) is 11.5 Å². The van der Waals surface area contributed by atoms with Gasteiger partial charge in [0.25, 0.3) is 0 Å². The van der Waals surface area contributed by atoms with E-state index < -0.39 is 0 Å². The molecule has 0 atom stereocenters. The van der Waals surface area contributed by atoms with Crippen LogP contribution in [0.1, 0.15) is 6.92 Å². The summed E-state index contributed by atoms with van der Waals surface area (Å²) in [5, 5.41) is 3.90. The van der Waals surface area contributed by atoms with Gasteiger partial charge in [0, 0.05) is 6.54 Å². The number of nitrogens with two attached hydrogens (primary N) is 2. The summed E-state index contributed by atoms with van der Waals surface area (Å²) in [6.45, 7) is 2.78. The Labute approximate surface area is 53.4 Å². The van der Waals surface area contributed by atoms with Crippen LogP contribution in [0.5, 0.6) is 0 Å². The van der Waals surface area contributed by atoms with Crippen LogP contribution in [-0.4, -0.2) is 9.78 Å². The standard InChI is InChI=1S/C5H10N4/c1-2-9-3-4(6)5(7)8-9/h3H,2,6H2,1H3,(H2,7,8). The summed E-state index contributed by atoms with van der Waals surface area (Å²) in [5.41, 5.74) is 11.3. The molecule has 0 fully saturated rings. The molecule has 1 rings (SSSR count). The Balaban J connectivity index is 2.98. The average Bonchev–Trinajstić information content (AvgIpc) is 2.13. The highest BCUT2D eigenvalue weighted by Crippen LogP contribution is 2.08. The highest BCUT2D eigenvalue weighted by molar-refractivity contribution is 5.56. The second-order valence-corrected chi connectivity index (χ2v) is 1.83. The summed E-state index contributed by atoms with van der Waals surface area (Å²) in [6.07, 6.45) is 1.72. The van der Waals surface area contributed by atoms with Crippen molar-refractivity contribution in [1.82, 2.24) is 9.78 Å². The second kappa shape index (κ2) is 1.97. The van der Waals surface area contributed by atoms with E-state index in [0.717, 1.165) is 6.54 Å². The molecular formula is C5H10N4. The Bertz CT molecular complexity index is 183. The molecule has 0 saturated heterocycles. The van der Waals surface area contributed by atoms with Crippen LogP contribution in [-0.2, 0) is 6.54 Å². The normalized spacial score (nSPS) is 9.89. The minimum Gasteiger partial charge on any atom is -0.394 e. The van der Waals surface area contributed by atoms with E-state index in [-0.39, 0.29) is 0 Å². The summed E-state index contributed by atoms with van der Waals surface area (Å²) in [7, 11) is 0. The van der Waals surface area contributed by atoms with Crippen molar-refractivity contribution < 1.29 is 0 Å². The molecule has 0 aliphatic carbocycles. The zero-order chi connectivity index (χ0) is 6.85. The van der Waals surface area contributed by atoms with E-state index in [9.17, 15) is 0 Å². The van der Waals surface area contributed by atoms with Gasteiger partial charge in [-0.25, -0.2) is 0 Å². The molecule has 50 valence electrons. The van der Waals surface area contributed by atoms with E-state index in [1.807, 2.05) is 6.92 Å². The van der Waals surface area contributed by atoms with Crippen molar-refractivity contribution in [2.45, 2.75) is 13.5 Å². The van der Waals surface area contributed by atoms with Crippen molar-refractivity contribution in [1.29, 1.82) is 0 Å². The maximum Gasteiger partial charge on any atom is 0.168 e. The van der Waals surface area contributed by atoms with E-state index >= 15 is 0 Å². The monoisotopic (exact) mass is 126 g/mol. The molecule has 0 spiro atoms. The van der Waals surface area contributed by atoms with Crippen LogP contribution < -0.4 is 11.5 Å². The first-order valence-electron chi connectivity index (χ1n) is 2.82. The van der Waals surface area contributed by atoms with E-state index in [1.165, 1.54) is 0 Å². The topological polar surface area (TPSA) is 69.9 Å². The van der Waals surface area contributed by atoms with Crippen molar-refractivity contribution in [3.8, 4) is 0 Å². The summed E-state index contributed by atoms with van der Waals surface area (Å²) in [5.74, 6) is 0.414. The zero-order valence-electron chi connectivity index (χ0n) is 5.33.